The number of rotatable bonds is 2. The molecule has 0 aliphatic carbocycles. The zero-order valence-electron chi connectivity index (χ0n) is 8.25. The minimum Gasteiger partial charge on any atom is -0.508 e. The fourth-order valence-corrected chi connectivity index (χ4v) is 1.14. The first-order valence-corrected chi connectivity index (χ1v) is 4.46. The van der Waals surface area contributed by atoms with E-state index >= 15 is 0 Å². The molecule has 6 N–H and O–H groups in total. The summed E-state index contributed by atoms with van der Waals surface area (Å²) in [4.78, 5) is 11.4. The molecule has 0 atom stereocenters. The van der Waals surface area contributed by atoms with Crippen LogP contribution in [-0.2, 0) is 0 Å². The zero-order valence-corrected chi connectivity index (χ0v) is 8.25. The minimum atomic E-state index is 0.0498. The normalized spacial score (nSPS) is 10.0. The third kappa shape index (κ3) is 2.27. The molecular formula is C9H10N6O. The second kappa shape index (κ2) is 3.89. The lowest BCUT2D eigenvalue weighted by atomic mass is 10.3. The Hall–Kier alpha value is -2.57. The van der Waals surface area contributed by atoms with E-state index in [4.69, 9.17) is 16.6 Å². The lowest BCUT2D eigenvalue weighted by Crippen LogP contribution is -2.06. The van der Waals surface area contributed by atoms with Gasteiger partial charge in [0.2, 0.25) is 17.8 Å². The van der Waals surface area contributed by atoms with Crippen LogP contribution in [0.3, 0.4) is 0 Å². The molecule has 0 spiro atoms. The van der Waals surface area contributed by atoms with Gasteiger partial charge in [-0.3, -0.25) is 0 Å². The lowest BCUT2D eigenvalue weighted by molar-refractivity contribution is 0.475. The molecule has 16 heavy (non-hydrogen) atoms. The van der Waals surface area contributed by atoms with Gasteiger partial charge in [0.1, 0.15) is 5.75 Å². The van der Waals surface area contributed by atoms with E-state index in [0.717, 1.165) is 0 Å². The second-order valence-corrected chi connectivity index (χ2v) is 3.05. The van der Waals surface area contributed by atoms with Gasteiger partial charge >= 0.3 is 0 Å². The Balaban J connectivity index is 2.23. The zero-order chi connectivity index (χ0) is 11.5. The smallest absolute Gasteiger partial charge is 0.233 e. The van der Waals surface area contributed by atoms with Gasteiger partial charge in [-0.2, -0.15) is 15.0 Å². The fraction of sp³-hybridized carbons (Fsp3) is 0. The van der Waals surface area contributed by atoms with Crippen molar-refractivity contribution in [3.63, 3.8) is 0 Å². The number of hydrogen-bond donors (Lipinski definition) is 4. The molecule has 7 heteroatoms. The maximum absolute atomic E-state index is 9.10. The summed E-state index contributed by atoms with van der Waals surface area (Å²) in [5.41, 5.74) is 11.5. The third-order valence-corrected chi connectivity index (χ3v) is 1.79. The van der Waals surface area contributed by atoms with Crippen molar-refractivity contribution in [2.45, 2.75) is 0 Å². The molecule has 82 valence electrons. The molecule has 2 rings (SSSR count). The van der Waals surface area contributed by atoms with E-state index in [2.05, 4.69) is 20.3 Å². The number of nitrogens with one attached hydrogen (secondary N) is 1. The lowest BCUT2D eigenvalue weighted by Gasteiger charge is -2.05. The van der Waals surface area contributed by atoms with Crippen molar-refractivity contribution in [1.82, 2.24) is 15.0 Å². The second-order valence-electron chi connectivity index (χ2n) is 3.05. The van der Waals surface area contributed by atoms with Crippen LogP contribution in [-0.4, -0.2) is 20.1 Å². The van der Waals surface area contributed by atoms with Crippen LogP contribution in [0.4, 0.5) is 23.5 Å². The molecule has 0 unspecified atom stereocenters. The summed E-state index contributed by atoms with van der Waals surface area (Å²) >= 11 is 0. The third-order valence-electron chi connectivity index (χ3n) is 1.79. The standard InChI is InChI=1S/C9H10N6O/c10-7-13-8(11)15-9(14-7)12-5-1-3-6(16)4-2-5/h1-4,16H,(H5,10,11,12,13,14,15). The van der Waals surface area contributed by atoms with E-state index in [1.54, 1.807) is 12.1 Å². The predicted molar refractivity (Wildman–Crippen MR) is 60.0 cm³/mol. The molecule has 7 nitrogen and oxygen atoms in total. The number of hydrogen-bond acceptors (Lipinski definition) is 7. The number of aromatic nitrogens is 3. The van der Waals surface area contributed by atoms with Gasteiger partial charge in [-0.25, -0.2) is 0 Å². The van der Waals surface area contributed by atoms with Gasteiger partial charge in [0.05, 0.1) is 0 Å². The molecule has 0 saturated carbocycles. The van der Waals surface area contributed by atoms with Crippen molar-refractivity contribution in [2.24, 2.45) is 0 Å². The quantitative estimate of drug-likeness (QED) is 0.540. The van der Waals surface area contributed by atoms with Crippen molar-refractivity contribution in [3.05, 3.63) is 24.3 Å². The number of phenolic OH excluding ortho intramolecular Hbond substituents is 1. The number of phenols is 1. The molecule has 2 aromatic rings. The molecule has 0 aliphatic heterocycles. The van der Waals surface area contributed by atoms with E-state index in [1.807, 2.05) is 0 Å². The Morgan fingerprint density at radius 1 is 0.938 bits per heavy atom. The van der Waals surface area contributed by atoms with Gasteiger partial charge in [-0.1, -0.05) is 0 Å². The van der Waals surface area contributed by atoms with E-state index in [9.17, 15) is 0 Å². The molecule has 1 aromatic carbocycles. The van der Waals surface area contributed by atoms with Crippen LogP contribution in [0, 0.1) is 0 Å². The summed E-state index contributed by atoms with van der Waals surface area (Å²) in [6.45, 7) is 0. The highest BCUT2D eigenvalue weighted by molar-refractivity contribution is 5.55. The van der Waals surface area contributed by atoms with Crippen LogP contribution >= 0.6 is 0 Å². The van der Waals surface area contributed by atoms with E-state index in [1.165, 1.54) is 12.1 Å². The fourth-order valence-electron chi connectivity index (χ4n) is 1.14. The van der Waals surface area contributed by atoms with Gasteiger partial charge in [-0.05, 0) is 24.3 Å². The summed E-state index contributed by atoms with van der Waals surface area (Å²) in [6, 6.07) is 6.42. The highest BCUT2D eigenvalue weighted by Gasteiger charge is 2.01. The number of aromatic hydroxyl groups is 1. The topological polar surface area (TPSA) is 123 Å². The van der Waals surface area contributed by atoms with E-state index < -0.39 is 0 Å². The Morgan fingerprint density at radius 2 is 1.50 bits per heavy atom. The minimum absolute atomic E-state index is 0.0498. The average Bonchev–Trinajstić information content (AvgIpc) is 2.20. The Labute approximate surface area is 91.2 Å². The van der Waals surface area contributed by atoms with Crippen molar-refractivity contribution in [1.29, 1.82) is 0 Å². The summed E-state index contributed by atoms with van der Waals surface area (Å²) in [5.74, 6) is 0.540. The molecule has 1 heterocycles. The maximum atomic E-state index is 9.10. The Bertz CT molecular complexity index is 478. The number of nitrogen functional groups attached to an aromatic ring is 2. The van der Waals surface area contributed by atoms with Crippen molar-refractivity contribution >= 4 is 23.5 Å². The Kier molecular flexibility index (Phi) is 2.42. The van der Waals surface area contributed by atoms with Crippen molar-refractivity contribution in [3.8, 4) is 5.75 Å². The summed E-state index contributed by atoms with van der Waals surface area (Å²) < 4.78 is 0. The largest absolute Gasteiger partial charge is 0.508 e. The van der Waals surface area contributed by atoms with Gasteiger partial charge in [0.25, 0.3) is 0 Å². The number of nitrogens with two attached hydrogens (primary N) is 2. The molecule has 0 aliphatic rings. The van der Waals surface area contributed by atoms with Crippen LogP contribution in [0.25, 0.3) is 0 Å². The first-order chi connectivity index (χ1) is 7.63. The molecule has 1 aromatic heterocycles. The van der Waals surface area contributed by atoms with Crippen LogP contribution in [0.15, 0.2) is 24.3 Å². The molecule has 0 bridgehead atoms. The molecule has 0 radical (unpaired) electrons. The monoisotopic (exact) mass is 218 g/mol. The number of anilines is 4. The number of nitrogens with zero attached hydrogens (tertiary/aromatic N) is 3. The molecule has 0 fully saturated rings. The average molecular weight is 218 g/mol. The Morgan fingerprint density at radius 3 is 2.06 bits per heavy atom. The highest BCUT2D eigenvalue weighted by Crippen LogP contribution is 2.17. The van der Waals surface area contributed by atoms with Crippen LogP contribution in [0.1, 0.15) is 0 Å². The van der Waals surface area contributed by atoms with E-state index in [0.29, 0.717) is 5.69 Å². The summed E-state index contributed by atoms with van der Waals surface area (Å²) in [5, 5.41) is 12.0. The van der Waals surface area contributed by atoms with E-state index in [-0.39, 0.29) is 23.6 Å². The SMILES string of the molecule is Nc1nc(N)nc(Nc2ccc(O)cc2)n1. The summed E-state index contributed by atoms with van der Waals surface area (Å²) in [7, 11) is 0. The first kappa shape index (κ1) is 9.97. The molecular weight excluding hydrogens is 208 g/mol. The summed E-state index contributed by atoms with van der Waals surface area (Å²) in [6.07, 6.45) is 0. The van der Waals surface area contributed by atoms with Crippen LogP contribution in [0.5, 0.6) is 5.75 Å². The maximum Gasteiger partial charge on any atom is 0.233 e. The van der Waals surface area contributed by atoms with Gasteiger partial charge < -0.3 is 21.9 Å². The van der Waals surface area contributed by atoms with Crippen LogP contribution in [0.2, 0.25) is 0 Å². The van der Waals surface area contributed by atoms with Gasteiger partial charge in [0.15, 0.2) is 0 Å². The number of benzene rings is 1. The molecule has 0 amide bonds. The van der Waals surface area contributed by atoms with Crippen molar-refractivity contribution in [2.75, 3.05) is 16.8 Å². The first-order valence-electron chi connectivity index (χ1n) is 4.46. The molecule has 0 saturated heterocycles. The van der Waals surface area contributed by atoms with Crippen molar-refractivity contribution < 1.29 is 5.11 Å². The predicted octanol–water partition coefficient (Wildman–Crippen LogP) is 0.485. The van der Waals surface area contributed by atoms with Gasteiger partial charge in [-0.15, -0.1) is 0 Å². The van der Waals surface area contributed by atoms with Crippen LogP contribution < -0.4 is 16.8 Å². The van der Waals surface area contributed by atoms with Gasteiger partial charge in [0, 0.05) is 5.69 Å². The highest BCUT2D eigenvalue weighted by atomic mass is 16.3.